The second-order valence-electron chi connectivity index (χ2n) is 5.21. The summed E-state index contributed by atoms with van der Waals surface area (Å²) in [6, 6.07) is 4.37. The van der Waals surface area contributed by atoms with E-state index in [1.807, 2.05) is 13.8 Å². The Labute approximate surface area is 112 Å². The molecule has 2 rings (SSSR count). The van der Waals surface area contributed by atoms with Crippen molar-refractivity contribution < 1.29 is 4.79 Å². The van der Waals surface area contributed by atoms with Crippen molar-refractivity contribution in [2.24, 2.45) is 5.73 Å². The molecule has 1 aromatic heterocycles. The van der Waals surface area contributed by atoms with Crippen LogP contribution in [0.4, 0.5) is 0 Å². The minimum absolute atomic E-state index is 0.0838. The van der Waals surface area contributed by atoms with Crippen molar-refractivity contribution in [3.8, 4) is 0 Å². The number of nitrogens with two attached hydrogens (primary N) is 1. The van der Waals surface area contributed by atoms with Crippen LogP contribution in [0, 0.1) is 6.92 Å². The summed E-state index contributed by atoms with van der Waals surface area (Å²) in [6.07, 6.45) is 0. The molecule has 0 aromatic carbocycles. The summed E-state index contributed by atoms with van der Waals surface area (Å²) in [4.78, 5) is 16.7. The van der Waals surface area contributed by atoms with Gasteiger partial charge < -0.3 is 11.1 Å². The molecule has 0 saturated carbocycles. The summed E-state index contributed by atoms with van der Waals surface area (Å²) < 4.78 is 0. The normalized spacial score (nSPS) is 21.7. The van der Waals surface area contributed by atoms with Crippen LogP contribution in [0.25, 0.3) is 0 Å². The number of hydrogen-bond acceptors (Lipinski definition) is 4. The average Bonchev–Trinajstić information content (AvgIpc) is 2.72. The van der Waals surface area contributed by atoms with E-state index in [0.29, 0.717) is 13.1 Å². The minimum atomic E-state index is -0.500. The average molecular weight is 267 g/mol. The number of nitrogens with one attached hydrogen (secondary N) is 1. The highest BCUT2D eigenvalue weighted by atomic mass is 32.1. The molecule has 1 aliphatic heterocycles. The fourth-order valence-electron chi connectivity index (χ4n) is 2.49. The third-order valence-electron chi connectivity index (χ3n) is 3.60. The van der Waals surface area contributed by atoms with Crippen molar-refractivity contribution in [2.75, 3.05) is 19.6 Å². The predicted octanol–water partition coefficient (Wildman–Crippen LogP) is 1.27. The topological polar surface area (TPSA) is 58.4 Å². The Kier molecular flexibility index (Phi) is 3.75. The first-order chi connectivity index (χ1) is 8.46. The molecule has 0 radical (unpaired) electrons. The summed E-state index contributed by atoms with van der Waals surface area (Å²) in [6.45, 7) is 8.10. The summed E-state index contributed by atoms with van der Waals surface area (Å²) in [5.41, 5.74) is 5.44. The first-order valence-corrected chi connectivity index (χ1v) is 7.10. The Hall–Kier alpha value is -0.910. The second-order valence-corrected chi connectivity index (χ2v) is 6.53. The molecule has 0 spiro atoms. The molecule has 2 heterocycles. The second kappa shape index (κ2) is 4.99. The molecule has 1 saturated heterocycles. The maximum absolute atomic E-state index is 12.0. The molecule has 5 heteroatoms. The molecule has 4 nitrogen and oxygen atoms in total. The number of rotatable bonds is 3. The van der Waals surface area contributed by atoms with Gasteiger partial charge in [-0.2, -0.15) is 0 Å². The third-order valence-corrected chi connectivity index (χ3v) is 4.70. The van der Waals surface area contributed by atoms with Crippen molar-refractivity contribution in [2.45, 2.75) is 32.4 Å². The van der Waals surface area contributed by atoms with E-state index in [9.17, 15) is 4.79 Å². The van der Waals surface area contributed by atoms with E-state index in [4.69, 9.17) is 5.73 Å². The van der Waals surface area contributed by atoms with Crippen LogP contribution in [0.5, 0.6) is 0 Å². The van der Waals surface area contributed by atoms with Gasteiger partial charge in [0.15, 0.2) is 0 Å². The van der Waals surface area contributed by atoms with Crippen molar-refractivity contribution >= 4 is 17.2 Å². The number of hydrogen-bond donors (Lipinski definition) is 2. The van der Waals surface area contributed by atoms with Crippen LogP contribution < -0.4 is 11.1 Å². The number of aryl methyl sites for hydroxylation is 1. The zero-order valence-electron chi connectivity index (χ0n) is 11.2. The predicted molar refractivity (Wildman–Crippen MR) is 74.6 cm³/mol. The summed E-state index contributed by atoms with van der Waals surface area (Å²) >= 11 is 1.76. The Morgan fingerprint density at radius 1 is 1.56 bits per heavy atom. The highest BCUT2D eigenvalue weighted by molar-refractivity contribution is 7.12. The Morgan fingerprint density at radius 2 is 2.28 bits per heavy atom. The molecule has 1 unspecified atom stereocenters. The Morgan fingerprint density at radius 3 is 2.83 bits per heavy atom. The number of carbonyl (C=O) groups excluding carboxylic acids is 1. The number of piperazine rings is 1. The monoisotopic (exact) mass is 267 g/mol. The molecule has 0 aliphatic carbocycles. The lowest BCUT2D eigenvalue weighted by Gasteiger charge is -2.45. The van der Waals surface area contributed by atoms with Crippen LogP contribution in [0.1, 0.15) is 29.6 Å². The van der Waals surface area contributed by atoms with Gasteiger partial charge in [-0.1, -0.05) is 0 Å². The van der Waals surface area contributed by atoms with Crippen LogP contribution in [0.15, 0.2) is 12.1 Å². The Balaban J connectivity index is 2.29. The molecule has 1 fully saturated rings. The van der Waals surface area contributed by atoms with Gasteiger partial charge in [0.05, 0.1) is 11.6 Å². The lowest BCUT2D eigenvalue weighted by Crippen LogP contribution is -2.63. The first kappa shape index (κ1) is 13.5. The number of nitrogens with zero attached hydrogens (tertiary/aromatic N) is 1. The quantitative estimate of drug-likeness (QED) is 0.867. The highest BCUT2D eigenvalue weighted by Gasteiger charge is 2.41. The van der Waals surface area contributed by atoms with Gasteiger partial charge in [-0.25, -0.2) is 0 Å². The molecule has 1 amide bonds. The van der Waals surface area contributed by atoms with Gasteiger partial charge in [0.1, 0.15) is 0 Å². The van der Waals surface area contributed by atoms with Gasteiger partial charge in [0.2, 0.25) is 5.91 Å². The van der Waals surface area contributed by atoms with E-state index in [0.717, 1.165) is 6.54 Å². The van der Waals surface area contributed by atoms with Crippen molar-refractivity contribution in [1.82, 2.24) is 10.2 Å². The van der Waals surface area contributed by atoms with E-state index < -0.39 is 5.54 Å². The van der Waals surface area contributed by atoms with E-state index in [-0.39, 0.29) is 11.9 Å². The van der Waals surface area contributed by atoms with E-state index in [1.165, 1.54) is 9.75 Å². The maximum atomic E-state index is 12.0. The maximum Gasteiger partial charge on any atom is 0.240 e. The molecular formula is C13H21N3OS. The van der Waals surface area contributed by atoms with Crippen molar-refractivity contribution in [3.05, 3.63) is 21.9 Å². The minimum Gasteiger partial charge on any atom is -0.353 e. The molecule has 1 aromatic rings. The zero-order valence-corrected chi connectivity index (χ0v) is 12.0. The number of thiophene rings is 1. The van der Waals surface area contributed by atoms with Gasteiger partial charge in [0, 0.05) is 29.4 Å². The van der Waals surface area contributed by atoms with Gasteiger partial charge >= 0.3 is 0 Å². The fourth-order valence-corrected chi connectivity index (χ4v) is 3.49. The molecule has 0 bridgehead atoms. The molecular weight excluding hydrogens is 246 g/mol. The summed E-state index contributed by atoms with van der Waals surface area (Å²) in [7, 11) is 0. The SMILES string of the molecule is Cc1ccc(C(CN)N2CCNC(=O)C2(C)C)s1. The van der Waals surface area contributed by atoms with Gasteiger partial charge in [-0.15, -0.1) is 11.3 Å². The van der Waals surface area contributed by atoms with Crippen molar-refractivity contribution in [3.63, 3.8) is 0 Å². The van der Waals surface area contributed by atoms with Crippen LogP contribution >= 0.6 is 11.3 Å². The molecule has 1 aliphatic rings. The number of amides is 1. The van der Waals surface area contributed by atoms with Gasteiger partial charge in [0.25, 0.3) is 0 Å². The molecule has 1 atom stereocenters. The molecule has 3 N–H and O–H groups in total. The van der Waals surface area contributed by atoms with Crippen LogP contribution in [0.3, 0.4) is 0 Å². The van der Waals surface area contributed by atoms with Crippen LogP contribution in [0.2, 0.25) is 0 Å². The first-order valence-electron chi connectivity index (χ1n) is 6.28. The van der Waals surface area contributed by atoms with Crippen LogP contribution in [-0.2, 0) is 4.79 Å². The molecule has 18 heavy (non-hydrogen) atoms. The summed E-state index contributed by atoms with van der Waals surface area (Å²) in [5, 5.41) is 2.92. The van der Waals surface area contributed by atoms with E-state index >= 15 is 0 Å². The number of carbonyl (C=O) groups is 1. The van der Waals surface area contributed by atoms with Crippen LogP contribution in [-0.4, -0.2) is 36.0 Å². The Bertz CT molecular complexity index is 441. The highest BCUT2D eigenvalue weighted by Crippen LogP contribution is 2.32. The molecule has 100 valence electrons. The van der Waals surface area contributed by atoms with Crippen molar-refractivity contribution in [1.29, 1.82) is 0 Å². The fraction of sp³-hybridized carbons (Fsp3) is 0.615. The third kappa shape index (κ3) is 2.30. The van der Waals surface area contributed by atoms with E-state index in [2.05, 4.69) is 29.3 Å². The largest absolute Gasteiger partial charge is 0.353 e. The standard InChI is InChI=1S/C13H21N3OS/c1-9-4-5-11(18-9)10(8-14)16-7-6-15-12(17)13(16,2)3/h4-5,10H,6-8,14H2,1-3H3,(H,15,17). The lowest BCUT2D eigenvalue weighted by atomic mass is 9.95. The smallest absolute Gasteiger partial charge is 0.240 e. The summed E-state index contributed by atoms with van der Waals surface area (Å²) in [5.74, 6) is 0.0838. The zero-order chi connectivity index (χ0) is 13.3. The van der Waals surface area contributed by atoms with E-state index in [1.54, 1.807) is 11.3 Å². The van der Waals surface area contributed by atoms with Gasteiger partial charge in [-0.3, -0.25) is 9.69 Å². The van der Waals surface area contributed by atoms with Gasteiger partial charge in [-0.05, 0) is 32.9 Å². The lowest BCUT2D eigenvalue weighted by molar-refractivity contribution is -0.137.